The van der Waals surface area contributed by atoms with Crippen molar-refractivity contribution in [3.63, 3.8) is 0 Å². The number of rotatable bonds is 5. The van der Waals surface area contributed by atoms with Crippen LogP contribution in [-0.2, 0) is 16.0 Å². The molecule has 116 valence electrons. The van der Waals surface area contributed by atoms with Gasteiger partial charge in [-0.3, -0.25) is 9.59 Å². The molecule has 2 aromatic heterocycles. The second kappa shape index (κ2) is 6.58. The summed E-state index contributed by atoms with van der Waals surface area (Å²) in [5.41, 5.74) is 0.763. The average molecular weight is 336 g/mol. The van der Waals surface area contributed by atoms with Crippen LogP contribution in [-0.4, -0.2) is 39.5 Å². The molecule has 1 aliphatic heterocycles. The van der Waals surface area contributed by atoms with Crippen molar-refractivity contribution in [2.24, 2.45) is 0 Å². The van der Waals surface area contributed by atoms with Crippen molar-refractivity contribution >= 4 is 34.6 Å². The maximum atomic E-state index is 12.4. The summed E-state index contributed by atoms with van der Waals surface area (Å²) in [5.74, 6) is -0.870. The van der Waals surface area contributed by atoms with Gasteiger partial charge in [0.2, 0.25) is 5.91 Å². The van der Waals surface area contributed by atoms with Gasteiger partial charge in [0, 0.05) is 18.0 Å². The summed E-state index contributed by atoms with van der Waals surface area (Å²) in [4.78, 5) is 30.6. The van der Waals surface area contributed by atoms with E-state index in [-0.39, 0.29) is 24.8 Å². The summed E-state index contributed by atoms with van der Waals surface area (Å²) in [6.45, 7) is 0.651. The molecule has 1 saturated heterocycles. The molecule has 3 rings (SSSR count). The number of carboxylic acids is 1. The quantitative estimate of drug-likeness (QED) is 0.911. The third kappa shape index (κ3) is 3.36. The first kappa shape index (κ1) is 15.2. The zero-order chi connectivity index (χ0) is 15.5. The monoisotopic (exact) mass is 336 g/mol. The molecular weight excluding hydrogens is 320 g/mol. The summed E-state index contributed by atoms with van der Waals surface area (Å²) < 4.78 is 0. The largest absolute Gasteiger partial charge is 0.481 e. The minimum Gasteiger partial charge on any atom is -0.481 e. The van der Waals surface area contributed by atoms with Crippen LogP contribution >= 0.6 is 22.7 Å². The van der Waals surface area contributed by atoms with Gasteiger partial charge in [0.25, 0.3) is 0 Å². The molecule has 1 atom stereocenters. The number of carboxylic acid groups (broad SMARTS) is 1. The fourth-order valence-corrected chi connectivity index (χ4v) is 4.37. The van der Waals surface area contributed by atoms with E-state index in [0.29, 0.717) is 6.54 Å². The highest BCUT2D eigenvalue weighted by molar-refractivity contribution is 7.20. The van der Waals surface area contributed by atoms with Crippen LogP contribution in [0.3, 0.4) is 0 Å². The zero-order valence-corrected chi connectivity index (χ0v) is 13.5. The summed E-state index contributed by atoms with van der Waals surface area (Å²) in [6.07, 6.45) is 1.93. The summed E-state index contributed by atoms with van der Waals surface area (Å²) in [7, 11) is 0. The van der Waals surface area contributed by atoms with Gasteiger partial charge in [-0.25, -0.2) is 4.98 Å². The first-order chi connectivity index (χ1) is 10.6. The molecule has 1 fully saturated rings. The zero-order valence-electron chi connectivity index (χ0n) is 11.9. The van der Waals surface area contributed by atoms with Crippen LogP contribution in [0.5, 0.6) is 0 Å². The Morgan fingerprint density at radius 1 is 1.41 bits per heavy atom. The molecule has 2 aromatic rings. The summed E-state index contributed by atoms with van der Waals surface area (Å²) in [5, 5.41) is 13.8. The lowest BCUT2D eigenvalue weighted by atomic mass is 10.1. The molecule has 5 nitrogen and oxygen atoms in total. The minimum atomic E-state index is -0.849. The fourth-order valence-electron chi connectivity index (χ4n) is 2.74. The van der Waals surface area contributed by atoms with E-state index in [1.807, 2.05) is 22.9 Å². The van der Waals surface area contributed by atoms with E-state index in [0.717, 1.165) is 28.4 Å². The number of likely N-dealkylation sites (tertiary alicyclic amines) is 1. The molecule has 0 aliphatic carbocycles. The third-order valence-corrected chi connectivity index (χ3v) is 5.65. The van der Waals surface area contributed by atoms with Crippen molar-refractivity contribution in [1.29, 1.82) is 0 Å². The molecule has 1 N–H and O–H groups in total. The highest BCUT2D eigenvalue weighted by Crippen LogP contribution is 2.28. The van der Waals surface area contributed by atoms with Gasteiger partial charge in [0.1, 0.15) is 5.01 Å². The van der Waals surface area contributed by atoms with Gasteiger partial charge >= 0.3 is 5.97 Å². The Morgan fingerprint density at radius 3 is 3.00 bits per heavy atom. The molecule has 0 bridgehead atoms. The Bertz CT molecular complexity index is 666. The van der Waals surface area contributed by atoms with Crippen molar-refractivity contribution in [3.8, 4) is 9.88 Å². The Morgan fingerprint density at radius 2 is 2.27 bits per heavy atom. The van der Waals surface area contributed by atoms with E-state index in [4.69, 9.17) is 5.11 Å². The molecule has 3 heterocycles. The standard InChI is InChI=1S/C15H16N2O3S2/c18-13(17-5-1-3-11(17)8-14(19)20)7-10-9-22-15(16-10)12-4-2-6-21-12/h2,4,6,9,11H,1,3,5,7-8H2,(H,19,20). The van der Waals surface area contributed by atoms with E-state index in [1.54, 1.807) is 16.2 Å². The van der Waals surface area contributed by atoms with Crippen molar-refractivity contribution in [2.45, 2.75) is 31.7 Å². The van der Waals surface area contributed by atoms with Crippen LogP contribution < -0.4 is 0 Å². The number of aliphatic carboxylic acids is 1. The molecular formula is C15H16N2O3S2. The van der Waals surface area contributed by atoms with Crippen molar-refractivity contribution in [2.75, 3.05) is 6.54 Å². The van der Waals surface area contributed by atoms with E-state index in [2.05, 4.69) is 4.98 Å². The van der Waals surface area contributed by atoms with Crippen LogP contribution in [0.2, 0.25) is 0 Å². The predicted octanol–water partition coefficient (Wildman–Crippen LogP) is 2.88. The SMILES string of the molecule is O=C(O)CC1CCCN1C(=O)Cc1csc(-c2cccs2)n1. The molecule has 0 radical (unpaired) electrons. The minimum absolute atomic E-state index is 0.0215. The van der Waals surface area contributed by atoms with Crippen LogP contribution in [0, 0.1) is 0 Å². The second-order valence-electron chi connectivity index (χ2n) is 5.28. The van der Waals surface area contributed by atoms with Gasteiger partial charge in [-0.05, 0) is 24.3 Å². The van der Waals surface area contributed by atoms with E-state index in [1.165, 1.54) is 11.3 Å². The lowest BCUT2D eigenvalue weighted by molar-refractivity contribution is -0.139. The molecule has 1 amide bonds. The molecule has 0 spiro atoms. The molecule has 0 saturated carbocycles. The molecule has 1 unspecified atom stereocenters. The number of aromatic nitrogens is 1. The Balaban J connectivity index is 1.65. The molecule has 0 aromatic carbocycles. The fraction of sp³-hybridized carbons (Fsp3) is 0.400. The smallest absolute Gasteiger partial charge is 0.305 e. The number of thiophene rings is 1. The number of carbonyl (C=O) groups is 2. The summed E-state index contributed by atoms with van der Waals surface area (Å²) in [6, 6.07) is 3.83. The average Bonchev–Trinajstić information content (AvgIpc) is 3.18. The number of hydrogen-bond acceptors (Lipinski definition) is 5. The van der Waals surface area contributed by atoms with Crippen molar-refractivity contribution < 1.29 is 14.7 Å². The second-order valence-corrected chi connectivity index (χ2v) is 7.08. The Labute approximate surface area is 136 Å². The molecule has 7 heteroatoms. The maximum Gasteiger partial charge on any atom is 0.305 e. The lowest BCUT2D eigenvalue weighted by Gasteiger charge is -2.23. The maximum absolute atomic E-state index is 12.4. The third-order valence-electron chi connectivity index (χ3n) is 3.72. The van der Waals surface area contributed by atoms with E-state index in [9.17, 15) is 9.59 Å². The van der Waals surface area contributed by atoms with Crippen molar-refractivity contribution in [3.05, 3.63) is 28.6 Å². The number of amides is 1. The first-order valence-electron chi connectivity index (χ1n) is 7.13. The van der Waals surface area contributed by atoms with Gasteiger partial charge in [-0.2, -0.15) is 0 Å². The van der Waals surface area contributed by atoms with E-state index >= 15 is 0 Å². The van der Waals surface area contributed by atoms with Crippen LogP contribution in [0.4, 0.5) is 0 Å². The predicted molar refractivity (Wildman–Crippen MR) is 86.1 cm³/mol. The van der Waals surface area contributed by atoms with Gasteiger partial charge in [-0.15, -0.1) is 22.7 Å². The van der Waals surface area contributed by atoms with Crippen molar-refractivity contribution in [1.82, 2.24) is 9.88 Å². The Hall–Kier alpha value is -1.73. The van der Waals surface area contributed by atoms with Crippen LogP contribution in [0.1, 0.15) is 25.0 Å². The number of carbonyl (C=O) groups excluding carboxylic acids is 1. The van der Waals surface area contributed by atoms with E-state index < -0.39 is 5.97 Å². The van der Waals surface area contributed by atoms with Crippen LogP contribution in [0.15, 0.2) is 22.9 Å². The molecule has 1 aliphatic rings. The van der Waals surface area contributed by atoms with Crippen LogP contribution in [0.25, 0.3) is 9.88 Å². The number of hydrogen-bond donors (Lipinski definition) is 1. The highest BCUT2D eigenvalue weighted by atomic mass is 32.1. The first-order valence-corrected chi connectivity index (χ1v) is 8.89. The highest BCUT2D eigenvalue weighted by Gasteiger charge is 2.30. The van der Waals surface area contributed by atoms with Gasteiger partial charge in [0.15, 0.2) is 0 Å². The lowest BCUT2D eigenvalue weighted by Crippen LogP contribution is -2.37. The Kier molecular flexibility index (Phi) is 4.54. The molecule has 22 heavy (non-hydrogen) atoms. The van der Waals surface area contributed by atoms with Gasteiger partial charge < -0.3 is 10.0 Å². The van der Waals surface area contributed by atoms with Gasteiger partial charge in [0.05, 0.1) is 23.4 Å². The number of nitrogens with zero attached hydrogens (tertiary/aromatic N) is 2. The summed E-state index contributed by atoms with van der Waals surface area (Å²) >= 11 is 3.17. The number of thiazole rings is 1. The normalized spacial score (nSPS) is 17.8. The topological polar surface area (TPSA) is 70.5 Å². The van der Waals surface area contributed by atoms with Gasteiger partial charge in [-0.1, -0.05) is 6.07 Å².